The summed E-state index contributed by atoms with van der Waals surface area (Å²) in [7, 11) is 0. The van der Waals surface area contributed by atoms with Gasteiger partial charge in [-0.15, -0.1) is 11.3 Å². The molecule has 1 saturated heterocycles. The quantitative estimate of drug-likeness (QED) is 0.856. The third-order valence-electron chi connectivity index (χ3n) is 4.38. The Morgan fingerprint density at radius 1 is 1.38 bits per heavy atom. The summed E-state index contributed by atoms with van der Waals surface area (Å²) < 4.78 is 2.26. The third kappa shape index (κ3) is 3.09. The number of nitrogens with zero attached hydrogens (tertiary/aromatic N) is 3. The highest BCUT2D eigenvalue weighted by Crippen LogP contribution is 2.29. The Balaban J connectivity index is 1.91. The van der Waals surface area contributed by atoms with E-state index >= 15 is 0 Å². The minimum atomic E-state index is 0.599. The number of fused-ring (bicyclic) bond motifs is 1. The SMILES string of the molecule is CCCNCc1c(N2CCCCCC2C)nc2sccn12. The monoisotopic (exact) mass is 306 g/mol. The van der Waals surface area contributed by atoms with E-state index in [0.29, 0.717) is 6.04 Å². The largest absolute Gasteiger partial charge is 0.352 e. The molecule has 116 valence electrons. The van der Waals surface area contributed by atoms with Crippen molar-refractivity contribution in [1.29, 1.82) is 0 Å². The molecule has 0 spiro atoms. The molecule has 1 unspecified atom stereocenters. The van der Waals surface area contributed by atoms with E-state index in [2.05, 4.69) is 40.0 Å². The van der Waals surface area contributed by atoms with Crippen molar-refractivity contribution >= 4 is 22.1 Å². The highest BCUT2D eigenvalue weighted by atomic mass is 32.1. The van der Waals surface area contributed by atoms with Crippen LogP contribution in [0.2, 0.25) is 0 Å². The summed E-state index contributed by atoms with van der Waals surface area (Å²) in [6.45, 7) is 7.67. The molecule has 21 heavy (non-hydrogen) atoms. The Labute approximate surface area is 131 Å². The van der Waals surface area contributed by atoms with Gasteiger partial charge in [0.05, 0.1) is 5.69 Å². The highest BCUT2D eigenvalue weighted by Gasteiger charge is 2.24. The van der Waals surface area contributed by atoms with Crippen LogP contribution in [0.25, 0.3) is 4.96 Å². The molecule has 4 nitrogen and oxygen atoms in total. The first-order valence-corrected chi connectivity index (χ1v) is 9.11. The summed E-state index contributed by atoms with van der Waals surface area (Å²) >= 11 is 1.73. The average molecular weight is 306 g/mol. The van der Waals surface area contributed by atoms with Crippen molar-refractivity contribution in [3.63, 3.8) is 0 Å². The van der Waals surface area contributed by atoms with Crippen LogP contribution in [0.1, 0.15) is 51.6 Å². The maximum Gasteiger partial charge on any atom is 0.195 e. The molecular formula is C16H26N4S. The van der Waals surface area contributed by atoms with Crippen molar-refractivity contribution in [3.8, 4) is 0 Å². The molecular weight excluding hydrogens is 280 g/mol. The first kappa shape index (κ1) is 14.9. The van der Waals surface area contributed by atoms with E-state index in [9.17, 15) is 0 Å². The maximum atomic E-state index is 4.93. The normalized spacial score (nSPS) is 20.1. The molecule has 3 heterocycles. The van der Waals surface area contributed by atoms with Gasteiger partial charge in [0.2, 0.25) is 0 Å². The lowest BCUT2D eigenvalue weighted by molar-refractivity contribution is 0.604. The number of hydrogen-bond donors (Lipinski definition) is 1. The van der Waals surface area contributed by atoms with Gasteiger partial charge in [-0.1, -0.05) is 19.8 Å². The first-order chi connectivity index (χ1) is 10.3. The van der Waals surface area contributed by atoms with Crippen molar-refractivity contribution in [2.45, 2.75) is 58.5 Å². The molecule has 1 aliphatic rings. The molecule has 3 rings (SSSR count). The second kappa shape index (κ2) is 6.79. The topological polar surface area (TPSA) is 32.6 Å². The van der Waals surface area contributed by atoms with E-state index in [1.807, 2.05) is 0 Å². The van der Waals surface area contributed by atoms with Crippen LogP contribution in [-0.2, 0) is 6.54 Å². The van der Waals surface area contributed by atoms with Gasteiger partial charge in [-0.05, 0) is 32.7 Å². The summed E-state index contributed by atoms with van der Waals surface area (Å²) in [5.41, 5.74) is 1.33. The molecule has 1 atom stereocenters. The van der Waals surface area contributed by atoms with Gasteiger partial charge in [-0.3, -0.25) is 4.40 Å². The number of nitrogens with one attached hydrogen (secondary N) is 1. The molecule has 0 saturated carbocycles. The van der Waals surface area contributed by atoms with Gasteiger partial charge in [0.1, 0.15) is 0 Å². The molecule has 0 aliphatic carbocycles. The van der Waals surface area contributed by atoms with E-state index in [-0.39, 0.29) is 0 Å². The summed E-state index contributed by atoms with van der Waals surface area (Å²) in [6.07, 6.45) is 8.60. The fourth-order valence-corrected chi connectivity index (χ4v) is 3.92. The maximum absolute atomic E-state index is 4.93. The van der Waals surface area contributed by atoms with E-state index in [0.717, 1.165) is 24.6 Å². The zero-order valence-corrected chi connectivity index (χ0v) is 14.0. The number of aromatic nitrogens is 2. The average Bonchev–Trinajstić information content (AvgIpc) is 2.98. The lowest BCUT2D eigenvalue weighted by Gasteiger charge is -2.28. The first-order valence-electron chi connectivity index (χ1n) is 8.23. The highest BCUT2D eigenvalue weighted by molar-refractivity contribution is 7.15. The van der Waals surface area contributed by atoms with Crippen LogP contribution in [0.4, 0.5) is 5.82 Å². The van der Waals surface area contributed by atoms with Crippen LogP contribution >= 0.6 is 11.3 Å². The van der Waals surface area contributed by atoms with E-state index in [4.69, 9.17) is 4.98 Å². The molecule has 2 aromatic rings. The van der Waals surface area contributed by atoms with Crippen LogP contribution in [0, 0.1) is 0 Å². The van der Waals surface area contributed by atoms with Crippen LogP contribution in [0.5, 0.6) is 0 Å². The molecule has 0 amide bonds. The molecule has 0 aromatic carbocycles. The summed E-state index contributed by atoms with van der Waals surface area (Å²) in [4.78, 5) is 8.59. The van der Waals surface area contributed by atoms with Crippen molar-refractivity contribution in [2.24, 2.45) is 0 Å². The van der Waals surface area contributed by atoms with E-state index in [1.54, 1.807) is 11.3 Å². The van der Waals surface area contributed by atoms with Crippen LogP contribution in [0.15, 0.2) is 11.6 Å². The number of thiazole rings is 1. The minimum Gasteiger partial charge on any atom is -0.352 e. The Kier molecular flexibility index (Phi) is 4.80. The fourth-order valence-electron chi connectivity index (χ4n) is 3.19. The number of rotatable bonds is 5. The summed E-state index contributed by atoms with van der Waals surface area (Å²) in [5, 5.41) is 5.67. The molecule has 1 aliphatic heterocycles. The lowest BCUT2D eigenvalue weighted by atomic mass is 10.1. The minimum absolute atomic E-state index is 0.599. The van der Waals surface area contributed by atoms with Gasteiger partial charge in [-0.25, -0.2) is 4.98 Å². The second-order valence-corrected chi connectivity index (χ2v) is 6.88. The Morgan fingerprint density at radius 2 is 2.29 bits per heavy atom. The van der Waals surface area contributed by atoms with Crippen LogP contribution in [0.3, 0.4) is 0 Å². The Morgan fingerprint density at radius 3 is 3.14 bits per heavy atom. The molecule has 5 heteroatoms. The molecule has 2 aromatic heterocycles. The number of hydrogen-bond acceptors (Lipinski definition) is 4. The molecule has 1 N–H and O–H groups in total. The van der Waals surface area contributed by atoms with Gasteiger partial charge in [0.15, 0.2) is 10.8 Å². The van der Waals surface area contributed by atoms with Gasteiger partial charge < -0.3 is 10.2 Å². The van der Waals surface area contributed by atoms with Crippen molar-refractivity contribution < 1.29 is 0 Å². The van der Waals surface area contributed by atoms with E-state index in [1.165, 1.54) is 43.6 Å². The van der Waals surface area contributed by atoms with Crippen molar-refractivity contribution in [1.82, 2.24) is 14.7 Å². The molecule has 1 fully saturated rings. The Hall–Kier alpha value is -1.07. The van der Waals surface area contributed by atoms with Gasteiger partial charge >= 0.3 is 0 Å². The van der Waals surface area contributed by atoms with Crippen molar-refractivity contribution in [2.75, 3.05) is 18.0 Å². The Bertz CT molecular complexity index is 574. The predicted molar refractivity (Wildman–Crippen MR) is 90.3 cm³/mol. The van der Waals surface area contributed by atoms with E-state index < -0.39 is 0 Å². The van der Waals surface area contributed by atoms with Crippen LogP contribution < -0.4 is 10.2 Å². The zero-order chi connectivity index (χ0) is 14.7. The molecule has 0 radical (unpaired) electrons. The summed E-state index contributed by atoms with van der Waals surface area (Å²) in [6, 6.07) is 0.599. The van der Waals surface area contributed by atoms with Gasteiger partial charge in [0, 0.05) is 30.7 Å². The van der Waals surface area contributed by atoms with Gasteiger partial charge in [-0.2, -0.15) is 0 Å². The van der Waals surface area contributed by atoms with Crippen molar-refractivity contribution in [3.05, 3.63) is 17.3 Å². The van der Waals surface area contributed by atoms with Crippen LogP contribution in [-0.4, -0.2) is 28.5 Å². The summed E-state index contributed by atoms with van der Waals surface area (Å²) in [5.74, 6) is 1.21. The fraction of sp³-hybridized carbons (Fsp3) is 0.688. The number of anilines is 1. The smallest absolute Gasteiger partial charge is 0.195 e. The third-order valence-corrected chi connectivity index (χ3v) is 5.14. The standard InChI is InChI=1S/C16H26N4S/c1-3-8-17-12-14-15(18-16-20(14)10-11-21-16)19-9-6-4-5-7-13(19)2/h10-11,13,17H,3-9,12H2,1-2H3. The predicted octanol–water partition coefficient (Wildman–Crippen LogP) is 3.66. The van der Waals surface area contributed by atoms with Gasteiger partial charge in [0.25, 0.3) is 0 Å². The number of imidazole rings is 1. The molecule has 0 bridgehead atoms. The zero-order valence-electron chi connectivity index (χ0n) is 13.1. The lowest BCUT2D eigenvalue weighted by Crippen LogP contribution is -2.34. The second-order valence-electron chi connectivity index (χ2n) is 6.01.